The SMILES string of the molecule is CC(=O)Oc1ccc([C@H]2[C@@H](c3ccccc3)C2(Cl)Cl)cc1. The third-order valence-electron chi connectivity index (χ3n) is 3.71. The smallest absolute Gasteiger partial charge is 0.308 e. The van der Waals surface area contributed by atoms with Gasteiger partial charge in [-0.25, -0.2) is 0 Å². The number of ether oxygens (including phenoxy) is 1. The molecule has 2 aromatic rings. The van der Waals surface area contributed by atoms with E-state index >= 15 is 0 Å². The third kappa shape index (κ3) is 2.78. The molecule has 0 N–H and O–H groups in total. The molecule has 108 valence electrons. The molecule has 1 aliphatic rings. The average Bonchev–Trinajstić information content (AvgIpc) is 3.03. The minimum Gasteiger partial charge on any atom is -0.427 e. The fourth-order valence-corrected chi connectivity index (χ4v) is 3.61. The van der Waals surface area contributed by atoms with Gasteiger partial charge in [-0.3, -0.25) is 4.79 Å². The van der Waals surface area contributed by atoms with Crippen molar-refractivity contribution in [1.29, 1.82) is 0 Å². The maximum atomic E-state index is 10.9. The van der Waals surface area contributed by atoms with E-state index in [1.807, 2.05) is 42.5 Å². The van der Waals surface area contributed by atoms with Crippen molar-refractivity contribution in [2.75, 3.05) is 0 Å². The van der Waals surface area contributed by atoms with Crippen LogP contribution in [0.25, 0.3) is 0 Å². The molecule has 21 heavy (non-hydrogen) atoms. The van der Waals surface area contributed by atoms with Gasteiger partial charge in [0.1, 0.15) is 10.1 Å². The van der Waals surface area contributed by atoms with Gasteiger partial charge in [-0.15, -0.1) is 23.2 Å². The molecule has 1 fully saturated rings. The molecule has 2 nitrogen and oxygen atoms in total. The number of benzene rings is 2. The first-order valence-electron chi connectivity index (χ1n) is 6.71. The van der Waals surface area contributed by atoms with E-state index in [4.69, 9.17) is 27.9 Å². The number of carbonyl (C=O) groups excluding carboxylic acids is 1. The molecule has 0 aliphatic heterocycles. The highest BCUT2D eigenvalue weighted by atomic mass is 35.5. The monoisotopic (exact) mass is 320 g/mol. The first-order chi connectivity index (χ1) is 10.00. The number of rotatable bonds is 3. The molecule has 1 aliphatic carbocycles. The van der Waals surface area contributed by atoms with Gasteiger partial charge in [0, 0.05) is 18.8 Å². The van der Waals surface area contributed by atoms with Crippen LogP contribution in [0.3, 0.4) is 0 Å². The maximum Gasteiger partial charge on any atom is 0.308 e. The Morgan fingerprint density at radius 1 is 0.952 bits per heavy atom. The second kappa shape index (κ2) is 5.36. The zero-order valence-electron chi connectivity index (χ0n) is 11.4. The van der Waals surface area contributed by atoms with E-state index in [-0.39, 0.29) is 17.8 Å². The Kier molecular flexibility index (Phi) is 3.68. The molecular weight excluding hydrogens is 307 g/mol. The first kappa shape index (κ1) is 14.4. The van der Waals surface area contributed by atoms with Gasteiger partial charge in [0.15, 0.2) is 0 Å². The van der Waals surface area contributed by atoms with Gasteiger partial charge in [0.2, 0.25) is 0 Å². The molecule has 1 saturated carbocycles. The normalized spacial score (nSPS) is 22.6. The van der Waals surface area contributed by atoms with Crippen LogP contribution in [0.4, 0.5) is 0 Å². The Labute approximate surface area is 133 Å². The van der Waals surface area contributed by atoms with Crippen LogP contribution < -0.4 is 4.74 Å². The number of halogens is 2. The molecule has 0 heterocycles. The van der Waals surface area contributed by atoms with Crippen molar-refractivity contribution < 1.29 is 9.53 Å². The molecule has 0 unspecified atom stereocenters. The van der Waals surface area contributed by atoms with Gasteiger partial charge in [-0.05, 0) is 23.3 Å². The lowest BCUT2D eigenvalue weighted by atomic mass is 10.0. The summed E-state index contributed by atoms with van der Waals surface area (Å²) in [6, 6.07) is 17.4. The Morgan fingerprint density at radius 3 is 2.00 bits per heavy atom. The fraction of sp³-hybridized carbons (Fsp3) is 0.235. The summed E-state index contributed by atoms with van der Waals surface area (Å²) in [4.78, 5) is 10.9. The predicted octanol–water partition coefficient (Wildman–Crippen LogP) is 4.67. The molecular formula is C17H14Cl2O2. The molecule has 0 radical (unpaired) electrons. The van der Waals surface area contributed by atoms with Crippen molar-refractivity contribution in [3.8, 4) is 5.75 Å². The lowest BCUT2D eigenvalue weighted by molar-refractivity contribution is -0.131. The zero-order valence-corrected chi connectivity index (χ0v) is 12.9. The van der Waals surface area contributed by atoms with Gasteiger partial charge < -0.3 is 4.74 Å². The van der Waals surface area contributed by atoms with E-state index in [9.17, 15) is 4.79 Å². The van der Waals surface area contributed by atoms with Crippen LogP contribution in [0.2, 0.25) is 0 Å². The average molecular weight is 321 g/mol. The zero-order chi connectivity index (χ0) is 15.0. The van der Waals surface area contributed by atoms with Crippen LogP contribution in [-0.4, -0.2) is 10.3 Å². The van der Waals surface area contributed by atoms with Crippen molar-refractivity contribution in [3.05, 3.63) is 65.7 Å². The van der Waals surface area contributed by atoms with Gasteiger partial charge >= 0.3 is 5.97 Å². The van der Waals surface area contributed by atoms with Crippen molar-refractivity contribution in [1.82, 2.24) is 0 Å². The third-order valence-corrected chi connectivity index (χ3v) is 4.65. The summed E-state index contributed by atoms with van der Waals surface area (Å²) in [6.07, 6.45) is 0. The van der Waals surface area contributed by atoms with Crippen molar-refractivity contribution >= 4 is 29.2 Å². The summed E-state index contributed by atoms with van der Waals surface area (Å²) in [5, 5.41) is 0. The summed E-state index contributed by atoms with van der Waals surface area (Å²) in [7, 11) is 0. The summed E-state index contributed by atoms with van der Waals surface area (Å²) in [5.41, 5.74) is 2.18. The Morgan fingerprint density at radius 2 is 1.48 bits per heavy atom. The fourth-order valence-electron chi connectivity index (χ4n) is 2.73. The van der Waals surface area contributed by atoms with E-state index in [2.05, 4.69) is 0 Å². The van der Waals surface area contributed by atoms with Gasteiger partial charge in [-0.2, -0.15) is 0 Å². The van der Waals surface area contributed by atoms with Crippen LogP contribution >= 0.6 is 23.2 Å². The highest BCUT2D eigenvalue weighted by Gasteiger charge is 2.64. The number of hydrogen-bond donors (Lipinski definition) is 0. The number of hydrogen-bond acceptors (Lipinski definition) is 2. The Hall–Kier alpha value is -1.51. The minimum absolute atomic E-state index is 0.0506. The quantitative estimate of drug-likeness (QED) is 0.467. The van der Waals surface area contributed by atoms with Crippen LogP contribution in [0.5, 0.6) is 5.75 Å². The summed E-state index contributed by atoms with van der Waals surface area (Å²) >= 11 is 12.9. The molecule has 0 bridgehead atoms. The van der Waals surface area contributed by atoms with Gasteiger partial charge in [0.25, 0.3) is 0 Å². The van der Waals surface area contributed by atoms with Crippen molar-refractivity contribution in [3.63, 3.8) is 0 Å². The lowest BCUT2D eigenvalue weighted by Crippen LogP contribution is -2.01. The van der Waals surface area contributed by atoms with Crippen LogP contribution in [-0.2, 0) is 4.79 Å². The summed E-state index contributed by atoms with van der Waals surface area (Å²) in [5.74, 6) is 0.328. The molecule has 2 aromatic carbocycles. The van der Waals surface area contributed by atoms with E-state index in [1.165, 1.54) is 6.92 Å². The summed E-state index contributed by atoms with van der Waals surface area (Å²) < 4.78 is 4.24. The molecule has 0 saturated heterocycles. The van der Waals surface area contributed by atoms with E-state index in [1.54, 1.807) is 12.1 Å². The topological polar surface area (TPSA) is 26.3 Å². The standard InChI is InChI=1S/C17H14Cl2O2/c1-11(20)21-14-9-7-13(8-10-14)16-15(17(16,18)19)12-5-3-2-4-6-12/h2-10,15-16H,1H3/t15-,16+/m1/s1. The maximum absolute atomic E-state index is 10.9. The number of alkyl halides is 2. The van der Waals surface area contributed by atoms with Gasteiger partial charge in [0.05, 0.1) is 0 Å². The second-order valence-corrected chi connectivity index (χ2v) is 6.65. The van der Waals surface area contributed by atoms with E-state index < -0.39 is 4.33 Å². The van der Waals surface area contributed by atoms with Crippen LogP contribution in [0, 0.1) is 0 Å². The van der Waals surface area contributed by atoms with E-state index in [0.29, 0.717) is 5.75 Å². The predicted molar refractivity (Wildman–Crippen MR) is 84.1 cm³/mol. The molecule has 0 aromatic heterocycles. The van der Waals surface area contributed by atoms with E-state index in [0.717, 1.165) is 11.1 Å². The van der Waals surface area contributed by atoms with Crippen LogP contribution in [0.1, 0.15) is 29.9 Å². The number of esters is 1. The number of carbonyl (C=O) groups is 1. The second-order valence-electron chi connectivity index (χ2n) is 5.20. The minimum atomic E-state index is -0.787. The Balaban J connectivity index is 1.83. The molecule has 0 spiro atoms. The molecule has 0 amide bonds. The summed E-state index contributed by atoms with van der Waals surface area (Å²) in [6.45, 7) is 1.38. The first-order valence-corrected chi connectivity index (χ1v) is 7.47. The van der Waals surface area contributed by atoms with Crippen molar-refractivity contribution in [2.24, 2.45) is 0 Å². The highest BCUT2D eigenvalue weighted by Crippen LogP contribution is 2.70. The highest BCUT2D eigenvalue weighted by molar-refractivity contribution is 6.52. The molecule has 2 atom stereocenters. The molecule has 4 heteroatoms. The van der Waals surface area contributed by atoms with Gasteiger partial charge in [-0.1, -0.05) is 42.5 Å². The lowest BCUT2D eigenvalue weighted by Gasteiger charge is -2.04. The largest absolute Gasteiger partial charge is 0.427 e. The van der Waals surface area contributed by atoms with Crippen LogP contribution in [0.15, 0.2) is 54.6 Å². The molecule has 3 rings (SSSR count). The Bertz CT molecular complexity index is 650. The van der Waals surface area contributed by atoms with Crippen molar-refractivity contribution in [2.45, 2.75) is 23.1 Å².